The summed E-state index contributed by atoms with van der Waals surface area (Å²) in [4.78, 5) is 12.7. The molecule has 8 heteroatoms. The topological polar surface area (TPSA) is 84.9 Å². The molecule has 1 amide bonds. The fourth-order valence-electron chi connectivity index (χ4n) is 3.36. The first-order chi connectivity index (χ1) is 14.9. The van der Waals surface area contributed by atoms with Crippen LogP contribution in [0.1, 0.15) is 40.2 Å². The van der Waals surface area contributed by atoms with Crippen molar-refractivity contribution in [3.05, 3.63) is 54.1 Å². The van der Waals surface area contributed by atoms with E-state index in [1.807, 2.05) is 31.2 Å². The molecule has 2 aromatic carbocycles. The van der Waals surface area contributed by atoms with Crippen molar-refractivity contribution in [3.8, 4) is 11.5 Å². The lowest BCUT2D eigenvalue weighted by atomic mass is 9.86. The summed E-state index contributed by atoms with van der Waals surface area (Å²) in [5.74, 6) is 1.00. The number of para-hydroxylation sites is 1. The third-order valence-electron chi connectivity index (χ3n) is 4.84. The van der Waals surface area contributed by atoms with Crippen LogP contribution in [-0.4, -0.2) is 46.4 Å². The zero-order valence-electron chi connectivity index (χ0n) is 19.7. The minimum absolute atomic E-state index is 0.0674. The molecule has 0 fully saturated rings. The highest BCUT2D eigenvalue weighted by atomic mass is 32.2. The van der Waals surface area contributed by atoms with Gasteiger partial charge < -0.3 is 14.8 Å². The molecule has 0 heterocycles. The number of hydrogen-bond acceptors (Lipinski definition) is 5. The van der Waals surface area contributed by atoms with Crippen molar-refractivity contribution >= 4 is 21.6 Å². The van der Waals surface area contributed by atoms with Crippen LogP contribution in [0.3, 0.4) is 0 Å². The molecule has 0 bridgehead atoms. The molecule has 2 rings (SSSR count). The van der Waals surface area contributed by atoms with Crippen LogP contribution in [0.25, 0.3) is 0 Å². The van der Waals surface area contributed by atoms with Gasteiger partial charge in [-0.2, -0.15) is 0 Å². The number of ether oxygens (including phenoxy) is 2. The summed E-state index contributed by atoms with van der Waals surface area (Å²) in [6, 6.07) is 13.5. The van der Waals surface area contributed by atoms with Gasteiger partial charge in [-0.05, 0) is 55.2 Å². The molecule has 2 aromatic rings. The third kappa shape index (κ3) is 6.88. The van der Waals surface area contributed by atoms with Crippen LogP contribution in [-0.2, 0) is 20.2 Å². The molecule has 0 spiro atoms. The Hall–Kier alpha value is -2.74. The van der Waals surface area contributed by atoms with Gasteiger partial charge in [-0.15, -0.1) is 0 Å². The molecule has 0 aliphatic rings. The number of carbonyl (C=O) groups excluding carboxylic acids is 1. The van der Waals surface area contributed by atoms with Crippen LogP contribution < -0.4 is 19.1 Å². The van der Waals surface area contributed by atoms with Crippen molar-refractivity contribution in [1.29, 1.82) is 0 Å². The van der Waals surface area contributed by atoms with E-state index >= 15 is 0 Å². The van der Waals surface area contributed by atoms with Gasteiger partial charge in [-0.1, -0.05) is 39.0 Å². The van der Waals surface area contributed by atoms with Crippen molar-refractivity contribution in [3.63, 3.8) is 0 Å². The lowest BCUT2D eigenvalue weighted by Crippen LogP contribution is -2.48. The molecule has 0 unspecified atom stereocenters. The smallest absolute Gasteiger partial charge is 0.243 e. The van der Waals surface area contributed by atoms with E-state index in [4.69, 9.17) is 9.47 Å². The van der Waals surface area contributed by atoms with Crippen molar-refractivity contribution in [1.82, 2.24) is 5.32 Å². The van der Waals surface area contributed by atoms with Gasteiger partial charge in [0.25, 0.3) is 0 Å². The van der Waals surface area contributed by atoms with E-state index in [0.29, 0.717) is 18.0 Å². The fourth-order valence-corrected chi connectivity index (χ4v) is 4.53. The van der Waals surface area contributed by atoms with Gasteiger partial charge in [-0.3, -0.25) is 9.10 Å². The quantitative estimate of drug-likeness (QED) is 0.544. The first-order valence-electron chi connectivity index (χ1n) is 10.7. The minimum atomic E-state index is -3.68. The summed E-state index contributed by atoms with van der Waals surface area (Å²) >= 11 is 0. The van der Waals surface area contributed by atoms with Crippen molar-refractivity contribution < 1.29 is 22.7 Å². The van der Waals surface area contributed by atoms with E-state index in [1.54, 1.807) is 31.2 Å². The lowest BCUT2D eigenvalue weighted by Gasteiger charge is -2.28. The number of carbonyl (C=O) groups is 1. The standard InChI is InChI=1S/C24H34N2O5S/c1-7-30-20-14-12-19(13-15-20)26(32(6,28)29)18(2)23(27)25-16-17-31-22-11-9-8-10-21(22)24(3,4)5/h8-15,18H,7,16-17H2,1-6H3,(H,25,27)/t18-/m0/s1. The molecule has 0 radical (unpaired) electrons. The van der Waals surface area contributed by atoms with Gasteiger partial charge in [0.15, 0.2) is 0 Å². The van der Waals surface area contributed by atoms with Crippen LogP contribution in [0.4, 0.5) is 5.69 Å². The summed E-state index contributed by atoms with van der Waals surface area (Å²) < 4.78 is 37.2. The van der Waals surface area contributed by atoms with Crippen LogP contribution >= 0.6 is 0 Å². The van der Waals surface area contributed by atoms with Gasteiger partial charge in [-0.25, -0.2) is 8.42 Å². The molecular weight excluding hydrogens is 428 g/mol. The van der Waals surface area contributed by atoms with E-state index in [1.165, 1.54) is 0 Å². The first-order valence-corrected chi connectivity index (χ1v) is 12.5. The van der Waals surface area contributed by atoms with E-state index in [9.17, 15) is 13.2 Å². The van der Waals surface area contributed by atoms with Gasteiger partial charge in [0, 0.05) is 0 Å². The second-order valence-corrected chi connectivity index (χ2v) is 10.4. The van der Waals surface area contributed by atoms with Crippen LogP contribution in [0.15, 0.2) is 48.5 Å². The first kappa shape index (κ1) is 25.5. The number of hydrogen-bond donors (Lipinski definition) is 1. The SMILES string of the molecule is CCOc1ccc(N([C@@H](C)C(=O)NCCOc2ccccc2C(C)(C)C)S(C)(=O)=O)cc1. The predicted octanol–water partition coefficient (Wildman–Crippen LogP) is 3.73. The predicted molar refractivity (Wildman–Crippen MR) is 128 cm³/mol. The second kappa shape index (κ2) is 10.7. The maximum Gasteiger partial charge on any atom is 0.243 e. The number of nitrogens with zero attached hydrogens (tertiary/aromatic N) is 1. The summed E-state index contributed by atoms with van der Waals surface area (Å²) in [5.41, 5.74) is 1.41. The normalized spacial score (nSPS) is 12.7. The number of nitrogens with one attached hydrogen (secondary N) is 1. The molecule has 0 aliphatic heterocycles. The molecule has 0 saturated heterocycles. The van der Waals surface area contributed by atoms with Gasteiger partial charge >= 0.3 is 0 Å². The summed E-state index contributed by atoms with van der Waals surface area (Å²) in [6.45, 7) is 10.8. The number of anilines is 1. The van der Waals surface area contributed by atoms with Crippen molar-refractivity contribution in [2.24, 2.45) is 0 Å². The number of benzene rings is 2. The Bertz CT molecular complexity index is 998. The molecule has 32 heavy (non-hydrogen) atoms. The Morgan fingerprint density at radius 1 is 1.06 bits per heavy atom. The Morgan fingerprint density at radius 2 is 1.69 bits per heavy atom. The third-order valence-corrected chi connectivity index (χ3v) is 6.09. The molecule has 1 atom stereocenters. The Kier molecular flexibility index (Phi) is 8.55. The average molecular weight is 463 g/mol. The lowest BCUT2D eigenvalue weighted by molar-refractivity contribution is -0.121. The Morgan fingerprint density at radius 3 is 2.25 bits per heavy atom. The van der Waals surface area contributed by atoms with E-state index < -0.39 is 22.0 Å². The van der Waals surface area contributed by atoms with Gasteiger partial charge in [0.2, 0.25) is 15.9 Å². The van der Waals surface area contributed by atoms with Crippen molar-refractivity contribution in [2.45, 2.75) is 46.1 Å². The van der Waals surface area contributed by atoms with E-state index in [-0.39, 0.29) is 18.6 Å². The summed E-state index contributed by atoms with van der Waals surface area (Å²) in [5, 5.41) is 2.77. The van der Waals surface area contributed by atoms with E-state index in [2.05, 4.69) is 26.1 Å². The molecule has 176 valence electrons. The molecule has 1 N–H and O–H groups in total. The number of rotatable bonds is 10. The molecular formula is C24H34N2O5S. The Balaban J connectivity index is 2.02. The fraction of sp³-hybridized carbons (Fsp3) is 0.458. The molecule has 0 saturated carbocycles. The highest BCUT2D eigenvalue weighted by Gasteiger charge is 2.29. The zero-order chi connectivity index (χ0) is 23.9. The maximum atomic E-state index is 12.7. The second-order valence-electron chi connectivity index (χ2n) is 8.55. The minimum Gasteiger partial charge on any atom is -0.494 e. The van der Waals surface area contributed by atoms with Crippen molar-refractivity contribution in [2.75, 3.05) is 30.3 Å². The Labute approximate surface area is 191 Å². The van der Waals surface area contributed by atoms with Crippen LogP contribution in [0.2, 0.25) is 0 Å². The molecule has 0 aliphatic carbocycles. The average Bonchev–Trinajstić information content (AvgIpc) is 2.71. The molecule has 0 aromatic heterocycles. The zero-order valence-corrected chi connectivity index (χ0v) is 20.5. The maximum absolute atomic E-state index is 12.7. The summed E-state index contributed by atoms with van der Waals surface area (Å²) in [6.07, 6.45) is 1.08. The van der Waals surface area contributed by atoms with Gasteiger partial charge in [0.1, 0.15) is 24.1 Å². The highest BCUT2D eigenvalue weighted by Crippen LogP contribution is 2.30. The largest absolute Gasteiger partial charge is 0.494 e. The monoisotopic (exact) mass is 462 g/mol. The number of sulfonamides is 1. The van der Waals surface area contributed by atoms with E-state index in [0.717, 1.165) is 21.9 Å². The van der Waals surface area contributed by atoms with Crippen LogP contribution in [0, 0.1) is 0 Å². The summed E-state index contributed by atoms with van der Waals surface area (Å²) in [7, 11) is -3.68. The van der Waals surface area contributed by atoms with Crippen LogP contribution in [0.5, 0.6) is 11.5 Å². The van der Waals surface area contributed by atoms with Gasteiger partial charge in [0.05, 0.1) is 25.1 Å². The number of amides is 1. The highest BCUT2D eigenvalue weighted by molar-refractivity contribution is 7.92. The molecule has 7 nitrogen and oxygen atoms in total.